The molecule has 0 aromatic heterocycles. The van der Waals surface area contributed by atoms with Gasteiger partial charge in [-0.05, 0) is 50.7 Å². The van der Waals surface area contributed by atoms with Crippen molar-refractivity contribution in [3.05, 3.63) is 33.4 Å². The molecule has 0 aromatic carbocycles. The summed E-state index contributed by atoms with van der Waals surface area (Å²) in [5, 5.41) is 10.9. The van der Waals surface area contributed by atoms with Gasteiger partial charge in [-0.3, -0.25) is 4.79 Å². The van der Waals surface area contributed by atoms with Crippen molar-refractivity contribution in [2.45, 2.75) is 44.7 Å². The van der Waals surface area contributed by atoms with E-state index in [1.807, 2.05) is 0 Å². The molecule has 0 spiro atoms. The van der Waals surface area contributed by atoms with Crippen LogP contribution in [0.15, 0.2) is 33.4 Å². The number of likely N-dealkylation sites (tertiary alicyclic amines) is 2. The monoisotopic (exact) mass is 397 g/mol. The molecule has 0 unspecified atom stereocenters. The summed E-state index contributed by atoms with van der Waals surface area (Å²) in [6, 6.07) is 1.50. The topological polar surface area (TPSA) is 47.3 Å². The van der Waals surface area contributed by atoms with Gasteiger partial charge < -0.3 is 9.80 Å². The number of carbonyl (C=O) groups excluding carboxylic acids is 1. The van der Waals surface area contributed by atoms with E-state index in [0.29, 0.717) is 0 Å². The smallest absolute Gasteiger partial charge is 0.366 e. The molecule has 0 N–H and O–H groups in total. The minimum atomic E-state index is -5.05. The molecule has 0 bridgehead atoms. The number of ketones is 1. The number of nitrogens with zero attached hydrogens (tertiary/aromatic N) is 3. The van der Waals surface area contributed by atoms with E-state index >= 15 is 0 Å². The number of rotatable bonds is 3. The number of alkyl halides is 3. The highest BCUT2D eigenvalue weighted by Gasteiger charge is 2.42. The van der Waals surface area contributed by atoms with E-state index < -0.39 is 17.5 Å². The fraction of sp³-hybridized carbons (Fsp3) is 0.579. The molecule has 0 saturated carbocycles. The number of hydrogen-bond donors (Lipinski definition) is 0. The average Bonchev–Trinajstić information content (AvgIpc) is 2.69. The van der Waals surface area contributed by atoms with Crippen LogP contribution in [-0.2, 0) is 4.79 Å². The largest absolute Gasteiger partial charge is 0.455 e. The number of Topliss-reactive ketones (excluding diaryl/α,β-unsaturated/α-hetero) is 1. The zero-order valence-electron chi connectivity index (χ0n) is 15.0. The van der Waals surface area contributed by atoms with Crippen LogP contribution in [0.25, 0.3) is 0 Å². The summed E-state index contributed by atoms with van der Waals surface area (Å²) >= 11 is 1.53. The Morgan fingerprint density at radius 1 is 0.926 bits per heavy atom. The van der Waals surface area contributed by atoms with E-state index in [2.05, 4.69) is 9.80 Å². The minimum Gasteiger partial charge on any atom is -0.366 e. The van der Waals surface area contributed by atoms with Gasteiger partial charge in [-0.15, -0.1) is 0 Å². The number of thioether (sulfide) groups is 1. The second kappa shape index (κ2) is 8.42. The van der Waals surface area contributed by atoms with Crippen molar-refractivity contribution in [2.24, 2.45) is 0 Å². The van der Waals surface area contributed by atoms with Gasteiger partial charge in [-0.25, -0.2) is 0 Å². The van der Waals surface area contributed by atoms with Gasteiger partial charge in [0.25, 0.3) is 5.78 Å². The molecule has 3 aliphatic heterocycles. The lowest BCUT2D eigenvalue weighted by Gasteiger charge is -2.37. The lowest BCUT2D eigenvalue weighted by Crippen LogP contribution is -2.32. The molecule has 0 radical (unpaired) electrons. The van der Waals surface area contributed by atoms with Gasteiger partial charge in [0.05, 0.1) is 10.1 Å². The molecule has 27 heavy (non-hydrogen) atoms. The SMILES string of the molecule is N#CC(C(=O)C(F)(F)F)=C1C=C(N2CCCCC2)SC(N2CCCCC2)=C1. The van der Waals surface area contributed by atoms with Crippen LogP contribution in [0.3, 0.4) is 0 Å². The summed E-state index contributed by atoms with van der Waals surface area (Å²) in [6.45, 7) is 3.37. The molecule has 0 amide bonds. The quantitative estimate of drug-likeness (QED) is 0.524. The Hall–Kier alpha value is -1.88. The first kappa shape index (κ1) is 19.9. The summed E-state index contributed by atoms with van der Waals surface area (Å²) in [4.78, 5) is 16.1. The van der Waals surface area contributed by atoms with Crippen LogP contribution in [0.5, 0.6) is 0 Å². The molecule has 0 aromatic rings. The number of piperidine rings is 2. The summed E-state index contributed by atoms with van der Waals surface area (Å²) in [5.74, 6) is -2.07. The Morgan fingerprint density at radius 3 is 1.74 bits per heavy atom. The predicted molar refractivity (Wildman–Crippen MR) is 98.3 cm³/mol. The maximum absolute atomic E-state index is 12.9. The lowest BCUT2D eigenvalue weighted by atomic mass is 10.0. The molecule has 146 valence electrons. The average molecular weight is 397 g/mol. The van der Waals surface area contributed by atoms with Crippen molar-refractivity contribution in [3.8, 4) is 6.07 Å². The highest BCUT2D eigenvalue weighted by atomic mass is 32.2. The number of allylic oxidation sites excluding steroid dienone is 4. The Morgan fingerprint density at radius 2 is 1.37 bits per heavy atom. The van der Waals surface area contributed by atoms with Crippen LogP contribution >= 0.6 is 11.8 Å². The second-order valence-corrected chi connectivity index (χ2v) is 7.97. The van der Waals surface area contributed by atoms with E-state index in [4.69, 9.17) is 0 Å². The highest BCUT2D eigenvalue weighted by Crippen LogP contribution is 2.40. The van der Waals surface area contributed by atoms with Crippen LogP contribution in [0.4, 0.5) is 13.2 Å². The van der Waals surface area contributed by atoms with E-state index in [0.717, 1.165) is 74.8 Å². The third-order valence-electron chi connectivity index (χ3n) is 4.99. The van der Waals surface area contributed by atoms with Crippen LogP contribution in [0.1, 0.15) is 38.5 Å². The van der Waals surface area contributed by atoms with Gasteiger partial charge in [0.2, 0.25) is 0 Å². The number of halogens is 3. The first-order valence-corrected chi connectivity index (χ1v) is 10.1. The van der Waals surface area contributed by atoms with Crippen LogP contribution in [0, 0.1) is 11.3 Å². The summed E-state index contributed by atoms with van der Waals surface area (Å²) in [7, 11) is 0. The van der Waals surface area contributed by atoms with Crippen LogP contribution < -0.4 is 0 Å². The third-order valence-corrected chi connectivity index (χ3v) is 6.16. The zero-order chi connectivity index (χ0) is 19.4. The standard InChI is InChI=1S/C19H22F3N3OS/c20-19(21,22)18(26)15(13-23)14-11-16(24-7-3-1-4-8-24)27-17(12-14)25-9-5-2-6-10-25/h11-12H,1-10H2. The van der Waals surface area contributed by atoms with Gasteiger partial charge in [-0.1, -0.05) is 11.8 Å². The molecule has 2 saturated heterocycles. The van der Waals surface area contributed by atoms with Gasteiger partial charge in [0.1, 0.15) is 11.6 Å². The Balaban J connectivity index is 2.00. The fourth-order valence-electron chi connectivity index (χ4n) is 3.55. The molecule has 0 aliphatic carbocycles. The van der Waals surface area contributed by atoms with Crippen molar-refractivity contribution >= 4 is 17.5 Å². The molecular weight excluding hydrogens is 375 g/mol. The van der Waals surface area contributed by atoms with Crippen molar-refractivity contribution in [3.63, 3.8) is 0 Å². The predicted octanol–water partition coefficient (Wildman–Crippen LogP) is 4.34. The van der Waals surface area contributed by atoms with Crippen molar-refractivity contribution in [1.82, 2.24) is 9.80 Å². The Kier molecular flexibility index (Phi) is 6.20. The summed E-state index contributed by atoms with van der Waals surface area (Å²) < 4.78 is 38.8. The molecule has 4 nitrogen and oxygen atoms in total. The lowest BCUT2D eigenvalue weighted by molar-refractivity contribution is -0.166. The number of hydrogen-bond acceptors (Lipinski definition) is 5. The van der Waals surface area contributed by atoms with E-state index in [-0.39, 0.29) is 5.57 Å². The maximum atomic E-state index is 12.9. The molecule has 3 heterocycles. The zero-order valence-corrected chi connectivity index (χ0v) is 15.8. The van der Waals surface area contributed by atoms with Crippen LogP contribution in [-0.4, -0.2) is 47.9 Å². The van der Waals surface area contributed by atoms with Crippen molar-refractivity contribution < 1.29 is 18.0 Å². The second-order valence-electron chi connectivity index (χ2n) is 6.93. The Labute approximate surface area is 161 Å². The summed E-state index contributed by atoms with van der Waals surface area (Å²) in [6.07, 6.45) is 4.51. The number of carbonyl (C=O) groups is 1. The molecule has 2 fully saturated rings. The van der Waals surface area contributed by atoms with Gasteiger partial charge in [0, 0.05) is 31.8 Å². The molecule has 3 aliphatic rings. The van der Waals surface area contributed by atoms with Crippen molar-refractivity contribution in [2.75, 3.05) is 26.2 Å². The molecular formula is C19H22F3N3OS. The maximum Gasteiger partial charge on any atom is 0.455 e. The molecule has 0 atom stereocenters. The van der Waals surface area contributed by atoms with E-state index in [1.165, 1.54) is 17.8 Å². The fourth-order valence-corrected chi connectivity index (χ4v) is 4.76. The highest BCUT2D eigenvalue weighted by molar-refractivity contribution is 8.06. The Bertz CT molecular complexity index is 685. The normalized spacial score (nSPS) is 21.3. The summed E-state index contributed by atoms with van der Waals surface area (Å²) in [5.41, 5.74) is -0.758. The minimum absolute atomic E-state index is 0.0692. The third kappa shape index (κ3) is 4.70. The first-order chi connectivity index (χ1) is 12.9. The molecule has 3 rings (SSSR count). The van der Waals surface area contributed by atoms with Crippen LogP contribution in [0.2, 0.25) is 0 Å². The number of nitriles is 1. The van der Waals surface area contributed by atoms with E-state index in [1.54, 1.807) is 12.2 Å². The van der Waals surface area contributed by atoms with E-state index in [9.17, 15) is 23.2 Å². The van der Waals surface area contributed by atoms with Gasteiger partial charge >= 0.3 is 6.18 Å². The van der Waals surface area contributed by atoms with Gasteiger partial charge in [0.15, 0.2) is 0 Å². The first-order valence-electron chi connectivity index (χ1n) is 9.27. The van der Waals surface area contributed by atoms with Gasteiger partial charge in [-0.2, -0.15) is 18.4 Å². The van der Waals surface area contributed by atoms with Crippen molar-refractivity contribution in [1.29, 1.82) is 5.26 Å². The molecule has 8 heteroatoms.